The third-order valence-corrected chi connectivity index (χ3v) is 8.41. The van der Waals surface area contributed by atoms with E-state index in [4.69, 9.17) is 5.10 Å². The predicted octanol–water partition coefficient (Wildman–Crippen LogP) is 8.14. The van der Waals surface area contributed by atoms with Gasteiger partial charge in [0.05, 0.1) is 10.4 Å². The molecule has 0 spiro atoms. The van der Waals surface area contributed by atoms with Crippen LogP contribution in [0.1, 0.15) is 27.8 Å². The topological polar surface area (TPSA) is 85.9 Å². The van der Waals surface area contributed by atoms with Gasteiger partial charge in [0, 0.05) is 48.1 Å². The summed E-state index contributed by atoms with van der Waals surface area (Å²) < 4.78 is 1.98. The fourth-order valence-electron chi connectivity index (χ4n) is 6.33. The second-order valence-corrected chi connectivity index (χ2v) is 11.1. The van der Waals surface area contributed by atoms with Gasteiger partial charge in [-0.1, -0.05) is 121 Å². The largest absolute Gasteiger partial charge is 0.308 e. The van der Waals surface area contributed by atoms with Crippen molar-refractivity contribution in [2.24, 2.45) is 0 Å². The second kappa shape index (κ2) is 12.6. The van der Waals surface area contributed by atoms with Gasteiger partial charge in [0.1, 0.15) is 11.2 Å². The van der Waals surface area contributed by atoms with Crippen LogP contribution in [-0.4, -0.2) is 19.7 Å². The average Bonchev–Trinajstić information content (AvgIpc) is 3.49. The van der Waals surface area contributed by atoms with E-state index in [0.29, 0.717) is 24.2 Å². The van der Waals surface area contributed by atoms with Gasteiger partial charge in [0.25, 0.3) is 5.69 Å². The lowest BCUT2D eigenvalue weighted by Gasteiger charge is -2.37. The summed E-state index contributed by atoms with van der Waals surface area (Å²) in [5.41, 5.74) is 5.98. The lowest BCUT2D eigenvalue weighted by atomic mass is 9.77. The van der Waals surface area contributed by atoms with Crippen molar-refractivity contribution in [2.45, 2.75) is 18.6 Å². The van der Waals surface area contributed by atoms with Crippen molar-refractivity contribution in [3.05, 3.63) is 196 Å². The molecule has 7 heteroatoms. The molecule has 0 saturated carbocycles. The Morgan fingerprint density at radius 3 is 1.72 bits per heavy atom. The Balaban J connectivity index is 1.53. The fraction of sp³-hybridized carbons (Fsp3) is 0.0769. The van der Waals surface area contributed by atoms with Gasteiger partial charge in [0.2, 0.25) is 0 Å². The van der Waals surface area contributed by atoms with E-state index in [1.165, 1.54) is 0 Å². The number of hydrogen-bond acceptors (Lipinski definition) is 5. The molecule has 0 bridgehead atoms. The fourth-order valence-corrected chi connectivity index (χ4v) is 6.33. The van der Waals surface area contributed by atoms with Crippen LogP contribution in [0.15, 0.2) is 158 Å². The third-order valence-electron chi connectivity index (χ3n) is 8.41. The zero-order chi connectivity index (χ0) is 31.3. The van der Waals surface area contributed by atoms with E-state index in [-0.39, 0.29) is 10.6 Å². The van der Waals surface area contributed by atoms with Gasteiger partial charge in [-0.15, -0.1) is 0 Å². The van der Waals surface area contributed by atoms with Crippen LogP contribution in [0.3, 0.4) is 0 Å². The number of fused-ring (bicyclic) bond motifs is 1. The summed E-state index contributed by atoms with van der Waals surface area (Å²) in [4.78, 5) is 16.6. The van der Waals surface area contributed by atoms with E-state index in [0.717, 1.165) is 38.9 Å². The van der Waals surface area contributed by atoms with Crippen LogP contribution in [-0.2, 0) is 18.6 Å². The Bertz CT molecular complexity index is 1990. The number of benzene rings is 5. The first-order chi connectivity index (χ1) is 22.7. The van der Waals surface area contributed by atoms with Crippen molar-refractivity contribution in [1.29, 1.82) is 0 Å². The third kappa shape index (κ3) is 5.23. The Morgan fingerprint density at radius 1 is 0.674 bits per heavy atom. The van der Waals surface area contributed by atoms with Gasteiger partial charge in [0.15, 0.2) is 0 Å². The van der Waals surface area contributed by atoms with Crippen LogP contribution < -0.4 is 5.32 Å². The molecule has 7 aromatic rings. The molecule has 0 atom stereocenters. The summed E-state index contributed by atoms with van der Waals surface area (Å²) in [6, 6.07) is 48.1. The van der Waals surface area contributed by atoms with E-state index >= 15 is 0 Å². The SMILES string of the molecule is O=[N+]([O-])c1cc2c(cc1CNCc1ccccc1)c(-c1ccncc1)nn2C(c1ccccc1)(c1ccccc1)c1ccccc1. The highest BCUT2D eigenvalue weighted by atomic mass is 16.6. The molecule has 224 valence electrons. The first-order valence-electron chi connectivity index (χ1n) is 15.2. The number of nitro benzene ring substituents is 1. The smallest absolute Gasteiger partial charge is 0.276 e. The molecule has 7 rings (SSSR count). The first-order valence-corrected chi connectivity index (χ1v) is 15.2. The van der Waals surface area contributed by atoms with E-state index in [1.54, 1.807) is 18.5 Å². The van der Waals surface area contributed by atoms with Crippen molar-refractivity contribution in [1.82, 2.24) is 20.1 Å². The van der Waals surface area contributed by atoms with Gasteiger partial charge < -0.3 is 5.32 Å². The molecule has 0 amide bonds. The molecule has 0 saturated heterocycles. The number of aromatic nitrogens is 3. The van der Waals surface area contributed by atoms with Crippen molar-refractivity contribution in [2.75, 3.05) is 0 Å². The Morgan fingerprint density at radius 2 is 1.20 bits per heavy atom. The molecule has 0 aliphatic carbocycles. The standard InChI is InChI=1S/C39H31N5O2/c45-44(46)36-26-37-35(25-31(36)28-41-27-29-13-5-1-6-14-29)38(30-21-23-40-24-22-30)42-43(37)39(32-15-7-2-8-16-32,33-17-9-3-10-18-33)34-19-11-4-12-20-34/h1-26,41H,27-28H2. The van der Waals surface area contributed by atoms with Crippen LogP contribution in [0.4, 0.5) is 5.69 Å². The molecule has 46 heavy (non-hydrogen) atoms. The van der Waals surface area contributed by atoms with E-state index < -0.39 is 5.54 Å². The molecule has 0 unspecified atom stereocenters. The first kappa shape index (κ1) is 28.8. The minimum Gasteiger partial charge on any atom is -0.308 e. The normalized spacial score (nSPS) is 11.5. The molecule has 0 radical (unpaired) electrons. The predicted molar refractivity (Wildman–Crippen MR) is 181 cm³/mol. The van der Waals surface area contributed by atoms with Gasteiger partial charge in [-0.05, 0) is 40.5 Å². The van der Waals surface area contributed by atoms with Crippen LogP contribution in [0.2, 0.25) is 0 Å². The number of nitro groups is 1. The zero-order valence-electron chi connectivity index (χ0n) is 25.0. The van der Waals surface area contributed by atoms with Crippen LogP contribution in [0.5, 0.6) is 0 Å². The Kier molecular flexibility index (Phi) is 7.89. The lowest BCUT2D eigenvalue weighted by Crippen LogP contribution is -2.38. The zero-order valence-corrected chi connectivity index (χ0v) is 25.0. The van der Waals surface area contributed by atoms with Crippen molar-refractivity contribution < 1.29 is 4.92 Å². The van der Waals surface area contributed by atoms with E-state index in [1.807, 2.05) is 108 Å². The van der Waals surface area contributed by atoms with Crippen LogP contribution in [0, 0.1) is 10.1 Å². The van der Waals surface area contributed by atoms with Crippen LogP contribution in [0.25, 0.3) is 22.2 Å². The molecule has 7 nitrogen and oxygen atoms in total. The number of nitrogens with zero attached hydrogens (tertiary/aromatic N) is 4. The summed E-state index contributed by atoms with van der Waals surface area (Å²) in [5.74, 6) is 0. The van der Waals surface area contributed by atoms with Crippen molar-refractivity contribution in [3.63, 3.8) is 0 Å². The Hall–Kier alpha value is -5.92. The molecule has 0 fully saturated rings. The minimum absolute atomic E-state index is 0.0403. The number of rotatable bonds is 10. The molecule has 1 N–H and O–H groups in total. The van der Waals surface area contributed by atoms with E-state index in [2.05, 4.69) is 46.7 Å². The summed E-state index contributed by atoms with van der Waals surface area (Å²) in [6.45, 7) is 0.912. The monoisotopic (exact) mass is 601 g/mol. The molecular weight excluding hydrogens is 570 g/mol. The van der Waals surface area contributed by atoms with Crippen molar-refractivity contribution in [3.8, 4) is 11.3 Å². The molecule has 5 aromatic carbocycles. The summed E-state index contributed by atoms with van der Waals surface area (Å²) in [7, 11) is 0. The van der Waals surface area contributed by atoms with Gasteiger partial charge >= 0.3 is 0 Å². The van der Waals surface area contributed by atoms with Gasteiger partial charge in [-0.2, -0.15) is 5.10 Å². The maximum atomic E-state index is 12.7. The quantitative estimate of drug-likeness (QED) is 0.0972. The number of nitrogens with one attached hydrogen (secondary N) is 1. The summed E-state index contributed by atoms with van der Waals surface area (Å²) >= 11 is 0. The highest BCUT2D eigenvalue weighted by Gasteiger charge is 2.41. The highest BCUT2D eigenvalue weighted by Crippen LogP contribution is 2.45. The van der Waals surface area contributed by atoms with Gasteiger partial charge in [-0.25, -0.2) is 4.68 Å². The maximum Gasteiger partial charge on any atom is 0.276 e. The van der Waals surface area contributed by atoms with Crippen LogP contribution >= 0.6 is 0 Å². The van der Waals surface area contributed by atoms with E-state index in [9.17, 15) is 10.1 Å². The maximum absolute atomic E-state index is 12.7. The highest BCUT2D eigenvalue weighted by molar-refractivity contribution is 5.96. The minimum atomic E-state index is -0.950. The number of hydrogen-bond donors (Lipinski definition) is 1. The molecule has 2 aromatic heterocycles. The second-order valence-electron chi connectivity index (χ2n) is 11.1. The summed E-state index contributed by atoms with van der Waals surface area (Å²) in [5, 5.41) is 22.3. The average molecular weight is 602 g/mol. The Labute approximate surface area is 267 Å². The summed E-state index contributed by atoms with van der Waals surface area (Å²) in [6.07, 6.45) is 3.49. The molecular formula is C39H31N5O2. The lowest BCUT2D eigenvalue weighted by molar-refractivity contribution is -0.385. The molecule has 0 aliphatic rings. The number of pyridine rings is 1. The van der Waals surface area contributed by atoms with Gasteiger partial charge in [-0.3, -0.25) is 15.1 Å². The molecule has 0 aliphatic heterocycles. The molecule has 2 heterocycles. The van der Waals surface area contributed by atoms with Crippen molar-refractivity contribution >= 4 is 16.6 Å².